The number of thiocarbonyl (C=S) groups is 1. The Labute approximate surface area is 92.7 Å². The second kappa shape index (κ2) is 6.33. The van der Waals surface area contributed by atoms with Gasteiger partial charge in [-0.1, -0.05) is 24.3 Å². The highest BCUT2D eigenvalue weighted by molar-refractivity contribution is 8.02. The van der Waals surface area contributed by atoms with Crippen molar-refractivity contribution in [2.75, 3.05) is 0 Å². The van der Waals surface area contributed by atoms with Gasteiger partial charge in [0.15, 0.2) is 0 Å². The number of benzene rings is 1. The van der Waals surface area contributed by atoms with Gasteiger partial charge in [-0.2, -0.15) is 5.26 Å². The molecule has 1 aromatic carbocycles. The molecule has 1 rings (SSSR count). The van der Waals surface area contributed by atoms with Crippen LogP contribution in [0.25, 0.3) is 0 Å². The summed E-state index contributed by atoms with van der Waals surface area (Å²) in [5.41, 5.74) is 2.23. The van der Waals surface area contributed by atoms with Crippen LogP contribution in [0.1, 0.15) is 11.1 Å². The van der Waals surface area contributed by atoms with Crippen molar-refractivity contribution in [1.82, 2.24) is 0 Å². The lowest BCUT2D eigenvalue weighted by molar-refractivity contribution is 1.08. The first-order valence-electron chi connectivity index (χ1n) is 3.99. The molecule has 0 amide bonds. The summed E-state index contributed by atoms with van der Waals surface area (Å²) >= 11 is 5.72. The molecule has 0 bridgehead atoms. The molecule has 0 unspecified atom stereocenters. The van der Waals surface area contributed by atoms with Crippen LogP contribution in [0.2, 0.25) is 0 Å². The van der Waals surface area contributed by atoms with Crippen molar-refractivity contribution < 1.29 is 0 Å². The van der Waals surface area contributed by atoms with Crippen LogP contribution < -0.4 is 0 Å². The third-order valence-electron chi connectivity index (χ3n) is 1.62. The Morgan fingerprint density at radius 3 is 2.93 bits per heavy atom. The first kappa shape index (κ1) is 10.9. The fourth-order valence-electron chi connectivity index (χ4n) is 1.06. The minimum atomic E-state index is 0.564. The zero-order chi connectivity index (χ0) is 10.2. The van der Waals surface area contributed by atoms with Crippen molar-refractivity contribution in [3.05, 3.63) is 35.4 Å². The maximum atomic E-state index is 8.41. The van der Waals surface area contributed by atoms with Gasteiger partial charge in [-0.25, -0.2) is 4.99 Å². The topological polar surface area (TPSA) is 36.1 Å². The van der Waals surface area contributed by atoms with Gasteiger partial charge in [0.25, 0.3) is 0 Å². The molecule has 0 saturated carbocycles. The Balaban J connectivity index is 2.69. The molecular weight excluding hydrogens is 212 g/mol. The van der Waals surface area contributed by atoms with Crippen molar-refractivity contribution in [3.8, 4) is 5.40 Å². The number of nitriles is 1. The number of rotatable bonds is 4. The number of aliphatic imine (C=N–C) groups is 1. The minimum Gasteiger partial charge on any atom is -0.228 e. The SMILES string of the molecule is N#CSCc1cccc(CN=C=S)c1. The van der Waals surface area contributed by atoms with E-state index in [2.05, 4.69) is 22.4 Å². The van der Waals surface area contributed by atoms with Gasteiger partial charge in [-0.15, -0.1) is 0 Å². The number of thiocyanates is 1. The first-order chi connectivity index (χ1) is 6.86. The third kappa shape index (κ3) is 3.71. The Hall–Kier alpha value is -1.14. The van der Waals surface area contributed by atoms with Gasteiger partial charge in [-0.3, -0.25) is 0 Å². The monoisotopic (exact) mass is 220 g/mol. The summed E-state index contributed by atoms with van der Waals surface area (Å²) in [6, 6.07) is 7.97. The molecule has 0 fully saturated rings. The van der Waals surface area contributed by atoms with Crippen molar-refractivity contribution in [3.63, 3.8) is 0 Å². The zero-order valence-corrected chi connectivity index (χ0v) is 9.07. The lowest BCUT2D eigenvalue weighted by atomic mass is 10.1. The standard InChI is InChI=1S/C10H8N2S2/c11-7-14-6-10-3-1-2-9(4-10)5-12-8-13/h1-4H,5-6H2. The molecular formula is C10H8N2S2. The van der Waals surface area contributed by atoms with E-state index in [-0.39, 0.29) is 0 Å². The highest BCUT2D eigenvalue weighted by atomic mass is 32.2. The van der Waals surface area contributed by atoms with Crippen LogP contribution in [-0.4, -0.2) is 5.16 Å². The van der Waals surface area contributed by atoms with Gasteiger partial charge < -0.3 is 0 Å². The van der Waals surface area contributed by atoms with E-state index in [1.165, 1.54) is 11.8 Å². The Bertz CT molecular complexity index is 389. The first-order valence-corrected chi connectivity index (χ1v) is 5.38. The average Bonchev–Trinajstić information content (AvgIpc) is 2.24. The van der Waals surface area contributed by atoms with Gasteiger partial charge in [0.2, 0.25) is 0 Å². The average molecular weight is 220 g/mol. The lowest BCUT2D eigenvalue weighted by Crippen LogP contribution is -1.84. The summed E-state index contributed by atoms with van der Waals surface area (Å²) in [6.07, 6.45) is 0. The molecule has 0 aliphatic rings. The maximum absolute atomic E-state index is 8.41. The fourth-order valence-corrected chi connectivity index (χ4v) is 1.53. The van der Waals surface area contributed by atoms with Crippen LogP contribution in [0, 0.1) is 10.7 Å². The van der Waals surface area contributed by atoms with Gasteiger partial charge in [0, 0.05) is 5.75 Å². The van der Waals surface area contributed by atoms with E-state index in [4.69, 9.17) is 5.26 Å². The van der Waals surface area contributed by atoms with Gasteiger partial charge in [0.1, 0.15) is 5.40 Å². The summed E-state index contributed by atoms with van der Waals surface area (Å²) in [5.74, 6) is 0.714. The van der Waals surface area contributed by atoms with E-state index < -0.39 is 0 Å². The number of hydrogen-bond donors (Lipinski definition) is 0. The molecule has 70 valence electrons. The predicted molar refractivity (Wildman–Crippen MR) is 62.1 cm³/mol. The molecule has 0 aromatic heterocycles. The third-order valence-corrected chi connectivity index (χ3v) is 2.36. The summed E-state index contributed by atoms with van der Waals surface area (Å²) < 4.78 is 0. The van der Waals surface area contributed by atoms with Crippen LogP contribution in [-0.2, 0) is 12.3 Å². The van der Waals surface area contributed by atoms with Crippen molar-refractivity contribution in [2.24, 2.45) is 4.99 Å². The molecule has 0 aliphatic carbocycles. The molecule has 0 saturated heterocycles. The Morgan fingerprint density at radius 2 is 2.21 bits per heavy atom. The second-order valence-corrected chi connectivity index (χ2v) is 3.55. The fraction of sp³-hybridized carbons (Fsp3) is 0.200. The predicted octanol–water partition coefficient (Wildman–Crippen LogP) is 3.00. The van der Waals surface area contributed by atoms with Gasteiger partial charge in [0.05, 0.1) is 11.7 Å². The van der Waals surface area contributed by atoms with Crippen LogP contribution in [0.15, 0.2) is 29.3 Å². The maximum Gasteiger partial charge on any atom is 0.133 e. The van der Waals surface area contributed by atoms with E-state index in [0.29, 0.717) is 12.3 Å². The minimum absolute atomic E-state index is 0.564. The van der Waals surface area contributed by atoms with Crippen LogP contribution in [0.3, 0.4) is 0 Å². The molecule has 14 heavy (non-hydrogen) atoms. The zero-order valence-electron chi connectivity index (χ0n) is 7.43. The van der Waals surface area contributed by atoms with Crippen LogP contribution in [0.5, 0.6) is 0 Å². The highest BCUT2D eigenvalue weighted by Crippen LogP contribution is 2.12. The van der Waals surface area contributed by atoms with Crippen molar-refractivity contribution >= 4 is 29.1 Å². The lowest BCUT2D eigenvalue weighted by Gasteiger charge is -1.99. The Kier molecular flexibility index (Phi) is 4.95. The summed E-state index contributed by atoms with van der Waals surface area (Å²) in [6.45, 7) is 0.564. The normalized spacial score (nSPS) is 8.79. The summed E-state index contributed by atoms with van der Waals surface area (Å²) in [7, 11) is 0. The molecule has 0 heterocycles. The molecule has 0 aliphatic heterocycles. The van der Waals surface area contributed by atoms with E-state index in [0.717, 1.165) is 11.1 Å². The second-order valence-electron chi connectivity index (χ2n) is 2.61. The van der Waals surface area contributed by atoms with E-state index >= 15 is 0 Å². The number of thioether (sulfide) groups is 1. The van der Waals surface area contributed by atoms with E-state index in [1.54, 1.807) is 0 Å². The molecule has 0 spiro atoms. The van der Waals surface area contributed by atoms with Gasteiger partial charge >= 0.3 is 0 Å². The Morgan fingerprint density at radius 1 is 1.43 bits per heavy atom. The summed E-state index contributed by atoms with van der Waals surface area (Å²) in [5, 5.41) is 12.8. The number of isothiocyanates is 1. The molecule has 1 aromatic rings. The van der Waals surface area contributed by atoms with Crippen molar-refractivity contribution in [2.45, 2.75) is 12.3 Å². The smallest absolute Gasteiger partial charge is 0.133 e. The van der Waals surface area contributed by atoms with Crippen LogP contribution in [0.4, 0.5) is 0 Å². The highest BCUT2D eigenvalue weighted by Gasteiger charge is 1.95. The summed E-state index contributed by atoms with van der Waals surface area (Å²) in [4.78, 5) is 3.86. The number of hydrogen-bond acceptors (Lipinski definition) is 4. The molecule has 0 radical (unpaired) electrons. The molecule has 4 heteroatoms. The van der Waals surface area contributed by atoms with Crippen LogP contribution >= 0.6 is 24.0 Å². The largest absolute Gasteiger partial charge is 0.228 e. The van der Waals surface area contributed by atoms with Gasteiger partial charge in [-0.05, 0) is 35.1 Å². The van der Waals surface area contributed by atoms with Crippen molar-refractivity contribution in [1.29, 1.82) is 5.26 Å². The number of nitrogens with zero attached hydrogens (tertiary/aromatic N) is 2. The quantitative estimate of drug-likeness (QED) is 0.444. The van der Waals surface area contributed by atoms with E-state index in [9.17, 15) is 0 Å². The molecule has 0 N–H and O–H groups in total. The molecule has 0 atom stereocenters. The van der Waals surface area contributed by atoms with E-state index in [1.807, 2.05) is 29.7 Å². The molecule has 2 nitrogen and oxygen atoms in total.